The number of carbonyl (C=O) groups excluding carboxylic acids is 2. The summed E-state index contributed by atoms with van der Waals surface area (Å²) in [6.07, 6.45) is 9.23. The highest BCUT2D eigenvalue weighted by atomic mass is 16.5. The third-order valence-corrected chi connectivity index (χ3v) is 10.3. The van der Waals surface area contributed by atoms with Crippen molar-refractivity contribution >= 4 is 11.8 Å². The highest BCUT2D eigenvalue weighted by molar-refractivity contribution is 5.99. The zero-order valence-corrected chi connectivity index (χ0v) is 21.8. The molecule has 2 saturated carbocycles. The number of allylic oxidation sites excluding steroid dienone is 1. The van der Waals surface area contributed by atoms with Gasteiger partial charge in [-0.25, -0.2) is 0 Å². The molecule has 0 aromatic heterocycles. The Morgan fingerprint density at radius 1 is 1.15 bits per heavy atom. The van der Waals surface area contributed by atoms with Crippen LogP contribution in [0.2, 0.25) is 0 Å². The maximum Gasteiger partial charge on any atom is 0.302 e. The second kappa shape index (κ2) is 9.13. The minimum atomic E-state index is -0.522. The Kier molecular flexibility index (Phi) is 6.90. The molecule has 33 heavy (non-hydrogen) atoms. The average Bonchev–Trinajstić information content (AvgIpc) is 3.04. The first-order chi connectivity index (χ1) is 15.5. The van der Waals surface area contributed by atoms with E-state index in [4.69, 9.17) is 4.74 Å². The van der Waals surface area contributed by atoms with Crippen molar-refractivity contribution in [3.05, 3.63) is 11.1 Å². The summed E-state index contributed by atoms with van der Waals surface area (Å²) in [6.45, 7) is 13.1. The fourth-order valence-electron chi connectivity index (χ4n) is 8.63. The summed E-state index contributed by atoms with van der Waals surface area (Å²) in [5.74, 6) is 2.44. The number of hydrogen-bond donors (Lipinski definition) is 1. The third kappa shape index (κ3) is 4.34. The quantitative estimate of drug-likeness (QED) is 0.478. The molecule has 4 nitrogen and oxygen atoms in total. The van der Waals surface area contributed by atoms with Crippen LogP contribution in [0, 0.1) is 40.4 Å². The Morgan fingerprint density at radius 2 is 1.88 bits per heavy atom. The van der Waals surface area contributed by atoms with Gasteiger partial charge >= 0.3 is 5.97 Å². The molecule has 0 aromatic carbocycles. The lowest BCUT2D eigenvalue weighted by Gasteiger charge is -2.55. The smallest absolute Gasteiger partial charge is 0.302 e. The van der Waals surface area contributed by atoms with Crippen LogP contribution < -0.4 is 0 Å². The van der Waals surface area contributed by atoms with Gasteiger partial charge in [-0.3, -0.25) is 9.59 Å². The predicted molar refractivity (Wildman–Crippen MR) is 130 cm³/mol. The van der Waals surface area contributed by atoms with Crippen molar-refractivity contribution in [2.24, 2.45) is 40.4 Å². The van der Waals surface area contributed by atoms with Crippen LogP contribution in [0.15, 0.2) is 11.1 Å². The lowest BCUT2D eigenvalue weighted by Crippen LogP contribution is -2.52. The van der Waals surface area contributed by atoms with Crippen LogP contribution in [0.1, 0.15) is 106 Å². The van der Waals surface area contributed by atoms with E-state index in [-0.39, 0.29) is 34.6 Å². The first-order valence-corrected chi connectivity index (χ1v) is 13.6. The molecule has 2 fully saturated rings. The Bertz CT molecular complexity index is 812. The Hall–Kier alpha value is -1.16. The van der Waals surface area contributed by atoms with Crippen LogP contribution in [0.5, 0.6) is 0 Å². The lowest BCUT2D eigenvalue weighted by molar-refractivity contribution is -0.151. The first kappa shape index (κ1) is 24.9. The van der Waals surface area contributed by atoms with Crippen molar-refractivity contribution in [1.29, 1.82) is 0 Å². The van der Waals surface area contributed by atoms with Crippen molar-refractivity contribution in [3.8, 4) is 0 Å². The van der Waals surface area contributed by atoms with Gasteiger partial charge in [-0.2, -0.15) is 0 Å². The second-order valence-corrected chi connectivity index (χ2v) is 12.8. The van der Waals surface area contributed by atoms with Gasteiger partial charge in [-0.05, 0) is 84.5 Å². The molecular formula is C29H46O4. The largest absolute Gasteiger partial charge is 0.463 e. The molecule has 0 aromatic rings. The van der Waals surface area contributed by atoms with Gasteiger partial charge in [0.25, 0.3) is 0 Å². The monoisotopic (exact) mass is 458 g/mol. The summed E-state index contributed by atoms with van der Waals surface area (Å²) in [5.41, 5.74) is 1.95. The summed E-state index contributed by atoms with van der Waals surface area (Å²) < 4.78 is 5.53. The highest BCUT2D eigenvalue weighted by Crippen LogP contribution is 2.65. The van der Waals surface area contributed by atoms with Crippen molar-refractivity contribution in [3.63, 3.8) is 0 Å². The maximum absolute atomic E-state index is 13.6. The van der Waals surface area contributed by atoms with Crippen molar-refractivity contribution < 1.29 is 19.4 Å². The molecule has 0 aliphatic heterocycles. The van der Waals surface area contributed by atoms with E-state index in [1.165, 1.54) is 32.6 Å². The number of aliphatic hydroxyl groups is 1. The van der Waals surface area contributed by atoms with E-state index in [0.717, 1.165) is 49.2 Å². The van der Waals surface area contributed by atoms with Gasteiger partial charge in [0.1, 0.15) is 6.10 Å². The van der Waals surface area contributed by atoms with Crippen molar-refractivity contribution in [2.75, 3.05) is 0 Å². The predicted octanol–water partition coefficient (Wildman–Crippen LogP) is 6.25. The van der Waals surface area contributed by atoms with E-state index in [1.807, 2.05) is 0 Å². The molecule has 0 heterocycles. The Labute approximate surface area is 200 Å². The molecule has 4 aliphatic carbocycles. The number of esters is 1. The zero-order valence-electron chi connectivity index (χ0n) is 21.8. The fraction of sp³-hybridized carbons (Fsp3) is 0.862. The summed E-state index contributed by atoms with van der Waals surface area (Å²) in [4.78, 5) is 25.1. The number of rotatable bonds is 6. The number of aliphatic hydroxyl groups excluding tert-OH is 1. The standard InChI is InChI=1S/C29H46O4/c1-17(2)8-7-9-18(3)22-10-11-23-26-24(31)15-20-14-21(33-19(4)30)12-13-28(20,5)27(26)25(32)16-29(22,23)6/h17-18,20-23,25,32H,7-16H2,1-6H3/t18-,20-,21+,22-,23+,25-,28+,29-/m1/s1. The molecule has 0 spiro atoms. The molecule has 0 saturated heterocycles. The number of ether oxygens (including phenoxy) is 1. The van der Waals surface area contributed by atoms with E-state index in [2.05, 4.69) is 34.6 Å². The minimum Gasteiger partial charge on any atom is -0.463 e. The van der Waals surface area contributed by atoms with E-state index < -0.39 is 6.10 Å². The SMILES string of the molecule is CC(=O)O[C@H]1CC[C@]2(C)C3=C(C(=O)C[C@H]2C1)[C@@H]1CC[C@H]([C@H](C)CCCC(C)C)[C@@]1(C)C[C@H]3O. The second-order valence-electron chi connectivity index (χ2n) is 12.8. The summed E-state index contributed by atoms with van der Waals surface area (Å²) >= 11 is 0. The number of Topliss-reactive ketones (excluding diaryl/α,β-unsaturated/α-hetero) is 1. The van der Waals surface area contributed by atoms with Gasteiger partial charge < -0.3 is 9.84 Å². The van der Waals surface area contributed by atoms with E-state index in [0.29, 0.717) is 24.2 Å². The van der Waals surface area contributed by atoms with Crippen molar-refractivity contribution in [2.45, 2.75) is 118 Å². The summed E-state index contributed by atoms with van der Waals surface area (Å²) in [7, 11) is 0. The van der Waals surface area contributed by atoms with Gasteiger partial charge in [0.15, 0.2) is 5.78 Å². The normalized spacial score (nSPS) is 41.5. The molecule has 4 rings (SSSR count). The number of fused-ring (bicyclic) bond motifs is 4. The van der Waals surface area contributed by atoms with Crippen LogP contribution in [-0.2, 0) is 14.3 Å². The van der Waals surface area contributed by atoms with Gasteiger partial charge in [0.05, 0.1) is 6.10 Å². The first-order valence-electron chi connectivity index (χ1n) is 13.6. The van der Waals surface area contributed by atoms with Gasteiger partial charge in [0.2, 0.25) is 0 Å². The molecular weight excluding hydrogens is 412 g/mol. The van der Waals surface area contributed by atoms with Crippen LogP contribution >= 0.6 is 0 Å². The Morgan fingerprint density at radius 3 is 2.55 bits per heavy atom. The maximum atomic E-state index is 13.6. The molecule has 4 heteroatoms. The molecule has 1 N–H and O–H groups in total. The van der Waals surface area contributed by atoms with Gasteiger partial charge in [-0.15, -0.1) is 0 Å². The van der Waals surface area contributed by atoms with E-state index >= 15 is 0 Å². The van der Waals surface area contributed by atoms with Crippen LogP contribution in [0.4, 0.5) is 0 Å². The van der Waals surface area contributed by atoms with Crippen molar-refractivity contribution in [1.82, 2.24) is 0 Å². The molecule has 0 unspecified atom stereocenters. The van der Waals surface area contributed by atoms with Crippen LogP contribution in [-0.4, -0.2) is 29.1 Å². The lowest BCUT2D eigenvalue weighted by atomic mass is 9.49. The number of carbonyl (C=O) groups is 2. The van der Waals surface area contributed by atoms with E-state index in [1.54, 1.807) is 0 Å². The highest BCUT2D eigenvalue weighted by Gasteiger charge is 2.60. The zero-order chi connectivity index (χ0) is 24.1. The molecule has 186 valence electrons. The molecule has 0 bridgehead atoms. The topological polar surface area (TPSA) is 63.6 Å². The minimum absolute atomic E-state index is 0.0172. The van der Waals surface area contributed by atoms with Crippen LogP contribution in [0.25, 0.3) is 0 Å². The molecule has 4 aliphatic rings. The third-order valence-electron chi connectivity index (χ3n) is 10.3. The number of ketones is 1. The van der Waals surface area contributed by atoms with E-state index in [9.17, 15) is 14.7 Å². The molecule has 0 radical (unpaired) electrons. The van der Waals surface area contributed by atoms with Crippen LogP contribution in [0.3, 0.4) is 0 Å². The van der Waals surface area contributed by atoms with Gasteiger partial charge in [-0.1, -0.05) is 53.9 Å². The average molecular weight is 459 g/mol. The molecule has 0 amide bonds. The van der Waals surface area contributed by atoms with Gasteiger partial charge in [0, 0.05) is 18.9 Å². The summed E-state index contributed by atoms with van der Waals surface area (Å²) in [5, 5.41) is 11.6. The summed E-state index contributed by atoms with van der Waals surface area (Å²) in [6, 6.07) is 0. The molecule has 8 atom stereocenters. The number of hydrogen-bond acceptors (Lipinski definition) is 4. The Balaban J connectivity index is 1.60. The fourth-order valence-corrected chi connectivity index (χ4v) is 8.63.